The lowest BCUT2D eigenvalue weighted by atomic mass is 10.1. The highest BCUT2D eigenvalue weighted by atomic mass is 35.5. The summed E-state index contributed by atoms with van der Waals surface area (Å²) in [5.41, 5.74) is 0. The van der Waals surface area contributed by atoms with Gasteiger partial charge in [0, 0.05) is 0 Å². The van der Waals surface area contributed by atoms with Crippen LogP contribution in [0.25, 0.3) is 0 Å². The van der Waals surface area contributed by atoms with Crippen molar-refractivity contribution in [1.82, 2.24) is 0 Å². The summed E-state index contributed by atoms with van der Waals surface area (Å²) >= 11 is 33.8. The van der Waals surface area contributed by atoms with E-state index in [2.05, 4.69) is 24.3 Å². The van der Waals surface area contributed by atoms with Gasteiger partial charge in [-0.25, -0.2) is 0 Å². The topological polar surface area (TPSA) is 0 Å². The van der Waals surface area contributed by atoms with Gasteiger partial charge in [0.2, 0.25) is 0 Å². The third-order valence-electron chi connectivity index (χ3n) is 2.50. The maximum atomic E-state index is 5.68. The molecule has 0 N–H and O–H groups in total. The first-order chi connectivity index (χ1) is 8.89. The predicted molar refractivity (Wildman–Crippen MR) is 88.6 cm³/mol. The van der Waals surface area contributed by atoms with Crippen LogP contribution in [0.1, 0.15) is 25.7 Å². The Hall–Kier alpha value is 0.700. The molecule has 0 spiro atoms. The first-order valence-electron chi connectivity index (χ1n) is 5.70. The molecule has 0 aromatic heterocycles. The van der Waals surface area contributed by atoms with Gasteiger partial charge in [0.05, 0.1) is 20.1 Å². The zero-order valence-electron chi connectivity index (χ0n) is 9.91. The summed E-state index contributed by atoms with van der Waals surface area (Å²) in [5, 5.41) is 0.279. The third kappa shape index (κ3) is 4.88. The zero-order valence-corrected chi connectivity index (χ0v) is 14.4. The van der Waals surface area contributed by atoms with Crippen molar-refractivity contribution in [3.8, 4) is 0 Å². The number of alkyl halides is 2. The summed E-state index contributed by atoms with van der Waals surface area (Å²) < 4.78 is -1.47. The van der Waals surface area contributed by atoms with Crippen LogP contribution in [0.15, 0.2) is 44.4 Å². The molecule has 0 aromatic rings. The lowest BCUT2D eigenvalue weighted by molar-refractivity contribution is 0.758. The molecule has 0 saturated carbocycles. The number of hydrogen-bond donors (Lipinski definition) is 0. The molecule has 0 heterocycles. The first kappa shape index (κ1) is 17.8. The van der Waals surface area contributed by atoms with Crippen LogP contribution in [0.5, 0.6) is 0 Å². The Bertz CT molecular complexity index is 402. The standard InChI is InChI=1S/C8H12.C5Cl6/c1-2-4-6-8-7-5-3-1;6-1-2(7)4(9)5(10,11)3(1)8/h1-4H,5-8H2;. The second-order valence-electron chi connectivity index (χ2n) is 3.97. The number of rotatable bonds is 0. The summed E-state index contributed by atoms with van der Waals surface area (Å²) in [6.07, 6.45) is 14.0. The third-order valence-corrected chi connectivity index (χ3v) is 5.64. The Labute approximate surface area is 143 Å². The van der Waals surface area contributed by atoms with Crippen LogP contribution in [0.4, 0.5) is 0 Å². The predicted octanol–water partition coefficient (Wildman–Crippen LogP) is 7.23. The van der Waals surface area contributed by atoms with Crippen LogP contribution in [-0.2, 0) is 0 Å². The molecule has 0 atom stereocenters. The van der Waals surface area contributed by atoms with Crippen molar-refractivity contribution in [2.24, 2.45) is 0 Å². The van der Waals surface area contributed by atoms with Gasteiger partial charge in [-0.15, -0.1) is 0 Å². The maximum absolute atomic E-state index is 5.68. The molecule has 0 nitrogen and oxygen atoms in total. The van der Waals surface area contributed by atoms with E-state index in [9.17, 15) is 0 Å². The Morgan fingerprint density at radius 2 is 1.11 bits per heavy atom. The lowest BCUT2D eigenvalue weighted by Crippen LogP contribution is -2.09. The van der Waals surface area contributed by atoms with E-state index in [0.29, 0.717) is 0 Å². The fourth-order valence-corrected chi connectivity index (χ4v) is 3.01. The van der Waals surface area contributed by atoms with Crippen LogP contribution >= 0.6 is 69.6 Å². The number of allylic oxidation sites excluding steroid dienone is 8. The molecule has 0 saturated heterocycles. The van der Waals surface area contributed by atoms with Gasteiger partial charge in [0.1, 0.15) is 0 Å². The van der Waals surface area contributed by atoms with Gasteiger partial charge in [0.15, 0.2) is 4.33 Å². The molecule has 0 unspecified atom stereocenters. The van der Waals surface area contributed by atoms with E-state index in [1.165, 1.54) is 25.7 Å². The van der Waals surface area contributed by atoms with Gasteiger partial charge in [-0.2, -0.15) is 0 Å². The van der Waals surface area contributed by atoms with Crippen LogP contribution in [-0.4, -0.2) is 4.33 Å². The molecular formula is C13H12Cl6. The van der Waals surface area contributed by atoms with E-state index < -0.39 is 4.33 Å². The smallest absolute Gasteiger partial charge is 0.0888 e. The Morgan fingerprint density at radius 3 is 1.37 bits per heavy atom. The molecule has 0 fully saturated rings. The summed E-state index contributed by atoms with van der Waals surface area (Å²) in [6, 6.07) is 0. The van der Waals surface area contributed by atoms with E-state index in [1.807, 2.05) is 0 Å². The number of halogens is 6. The average Bonchev–Trinajstić information content (AvgIpc) is 2.45. The van der Waals surface area contributed by atoms with Crippen molar-refractivity contribution >= 4 is 69.6 Å². The second-order valence-corrected chi connectivity index (χ2v) is 6.81. The fourth-order valence-electron chi connectivity index (χ4n) is 1.44. The van der Waals surface area contributed by atoms with Crippen molar-refractivity contribution in [2.75, 3.05) is 0 Å². The quantitative estimate of drug-likeness (QED) is 0.389. The normalized spacial score (nSPS) is 22.0. The highest BCUT2D eigenvalue weighted by Gasteiger charge is 2.42. The molecule has 2 aliphatic carbocycles. The van der Waals surface area contributed by atoms with Crippen molar-refractivity contribution in [3.05, 3.63) is 44.4 Å². The molecule has 2 aliphatic rings. The van der Waals surface area contributed by atoms with E-state index in [1.54, 1.807) is 0 Å². The van der Waals surface area contributed by atoms with Gasteiger partial charge < -0.3 is 0 Å². The maximum Gasteiger partial charge on any atom is 0.191 e. The van der Waals surface area contributed by atoms with Crippen molar-refractivity contribution in [3.63, 3.8) is 0 Å². The van der Waals surface area contributed by atoms with Crippen LogP contribution in [0.2, 0.25) is 0 Å². The highest BCUT2D eigenvalue weighted by molar-refractivity contribution is 6.67. The van der Waals surface area contributed by atoms with Crippen LogP contribution in [0.3, 0.4) is 0 Å². The van der Waals surface area contributed by atoms with E-state index in [-0.39, 0.29) is 20.1 Å². The fraction of sp³-hybridized carbons (Fsp3) is 0.385. The summed E-state index contributed by atoms with van der Waals surface area (Å²) in [6.45, 7) is 0. The first-order valence-corrected chi connectivity index (χ1v) is 7.97. The summed E-state index contributed by atoms with van der Waals surface area (Å²) in [5.74, 6) is 0. The van der Waals surface area contributed by atoms with Gasteiger partial charge in [0.25, 0.3) is 0 Å². The largest absolute Gasteiger partial charge is 0.191 e. The Kier molecular flexibility index (Phi) is 7.68. The molecule has 0 radical (unpaired) electrons. The van der Waals surface area contributed by atoms with Crippen LogP contribution in [0, 0.1) is 0 Å². The SMILES string of the molecule is C1=CCCCCC=C1.ClC1=C(Cl)C(Cl)(Cl)C(Cl)=C1Cl. The molecule has 0 aromatic carbocycles. The number of hydrogen-bond acceptors (Lipinski definition) is 0. The van der Waals surface area contributed by atoms with Gasteiger partial charge in [-0.05, 0) is 25.7 Å². The Balaban J connectivity index is 0.000000200. The van der Waals surface area contributed by atoms with Crippen LogP contribution < -0.4 is 0 Å². The molecule has 0 amide bonds. The van der Waals surface area contributed by atoms with Gasteiger partial charge >= 0.3 is 0 Å². The Morgan fingerprint density at radius 1 is 0.737 bits per heavy atom. The molecular weight excluding hydrogens is 369 g/mol. The minimum absolute atomic E-state index is 0.0394. The van der Waals surface area contributed by atoms with Gasteiger partial charge in [-0.1, -0.05) is 93.9 Å². The monoisotopic (exact) mass is 378 g/mol. The average molecular weight is 381 g/mol. The molecule has 6 heteroatoms. The van der Waals surface area contributed by atoms with E-state index >= 15 is 0 Å². The molecule has 19 heavy (non-hydrogen) atoms. The van der Waals surface area contributed by atoms with Gasteiger partial charge in [-0.3, -0.25) is 0 Å². The molecule has 0 bridgehead atoms. The minimum atomic E-state index is -1.47. The second kappa shape index (κ2) is 8.22. The van der Waals surface area contributed by atoms with Crippen molar-refractivity contribution < 1.29 is 0 Å². The van der Waals surface area contributed by atoms with E-state index in [0.717, 1.165) is 0 Å². The van der Waals surface area contributed by atoms with Crippen molar-refractivity contribution in [2.45, 2.75) is 30.0 Å². The molecule has 0 aliphatic heterocycles. The van der Waals surface area contributed by atoms with Crippen molar-refractivity contribution in [1.29, 1.82) is 0 Å². The molecule has 106 valence electrons. The lowest BCUT2D eigenvalue weighted by Gasteiger charge is -2.11. The summed E-state index contributed by atoms with van der Waals surface area (Å²) in [7, 11) is 0. The molecule has 2 rings (SSSR count). The van der Waals surface area contributed by atoms with E-state index in [4.69, 9.17) is 69.6 Å². The zero-order chi connectivity index (χ0) is 14.5. The minimum Gasteiger partial charge on any atom is -0.0888 e. The highest BCUT2D eigenvalue weighted by Crippen LogP contribution is 2.53. The summed E-state index contributed by atoms with van der Waals surface area (Å²) in [4.78, 5) is 0.